The van der Waals surface area contributed by atoms with Crippen LogP contribution < -0.4 is 10.6 Å². The molecular weight excluding hydrogens is 340 g/mol. The molecule has 0 bridgehead atoms. The van der Waals surface area contributed by atoms with Crippen molar-refractivity contribution in [1.29, 1.82) is 0 Å². The van der Waals surface area contributed by atoms with E-state index in [1.807, 2.05) is 6.07 Å². The van der Waals surface area contributed by atoms with Crippen molar-refractivity contribution in [2.75, 3.05) is 19.6 Å². The minimum Gasteiger partial charge on any atom is -0.355 e. The predicted octanol–water partition coefficient (Wildman–Crippen LogP) is 2.99. The van der Waals surface area contributed by atoms with E-state index in [9.17, 15) is 4.79 Å². The molecule has 2 aliphatic carbocycles. The molecule has 3 nitrogen and oxygen atoms in total. The minimum atomic E-state index is 0.173. The van der Waals surface area contributed by atoms with E-state index in [1.165, 1.54) is 35.7 Å². The summed E-state index contributed by atoms with van der Waals surface area (Å²) in [5, 5.41) is 6.66. The maximum atomic E-state index is 12.5. The molecule has 4 rings (SSSR count). The van der Waals surface area contributed by atoms with Crippen molar-refractivity contribution in [3.63, 3.8) is 0 Å². The van der Waals surface area contributed by atoms with Crippen molar-refractivity contribution in [3.8, 4) is 0 Å². The van der Waals surface area contributed by atoms with Crippen molar-refractivity contribution in [3.05, 3.63) is 34.3 Å². The Bertz CT molecular complexity index is 591. The zero-order valence-corrected chi connectivity index (χ0v) is 14.4. The van der Waals surface area contributed by atoms with Crippen LogP contribution in [0.4, 0.5) is 0 Å². The molecule has 3 aliphatic rings. The predicted molar refractivity (Wildman–Crippen MR) is 90.7 cm³/mol. The molecule has 1 spiro atoms. The van der Waals surface area contributed by atoms with Gasteiger partial charge in [-0.05, 0) is 62.2 Å². The summed E-state index contributed by atoms with van der Waals surface area (Å²) < 4.78 is 1.17. The monoisotopic (exact) mass is 362 g/mol. The van der Waals surface area contributed by atoms with E-state index < -0.39 is 0 Å². The third kappa shape index (κ3) is 2.50. The SMILES string of the molecule is O=C(NCC1(c2ccccc2Br)CC1)C1CC12CCNCC2. The average Bonchev–Trinajstić information content (AvgIpc) is 3.44. The van der Waals surface area contributed by atoms with E-state index in [0.717, 1.165) is 26.1 Å². The van der Waals surface area contributed by atoms with Gasteiger partial charge in [0.05, 0.1) is 0 Å². The van der Waals surface area contributed by atoms with Crippen LogP contribution in [0.15, 0.2) is 28.7 Å². The van der Waals surface area contributed by atoms with Gasteiger partial charge >= 0.3 is 0 Å². The lowest BCUT2D eigenvalue weighted by Crippen LogP contribution is -2.36. The van der Waals surface area contributed by atoms with E-state index in [2.05, 4.69) is 44.8 Å². The average molecular weight is 363 g/mol. The summed E-state index contributed by atoms with van der Waals surface area (Å²) in [7, 11) is 0. The lowest BCUT2D eigenvalue weighted by molar-refractivity contribution is -0.123. The Morgan fingerprint density at radius 1 is 1.23 bits per heavy atom. The molecule has 0 aromatic heterocycles. The molecule has 1 aromatic carbocycles. The smallest absolute Gasteiger partial charge is 0.223 e. The van der Waals surface area contributed by atoms with Crippen LogP contribution in [0.5, 0.6) is 0 Å². The van der Waals surface area contributed by atoms with Crippen LogP contribution in [0.25, 0.3) is 0 Å². The molecule has 3 fully saturated rings. The van der Waals surface area contributed by atoms with Gasteiger partial charge in [0.1, 0.15) is 0 Å². The fourth-order valence-corrected chi connectivity index (χ4v) is 4.86. The van der Waals surface area contributed by atoms with Crippen LogP contribution in [-0.2, 0) is 10.2 Å². The molecule has 1 unspecified atom stereocenters. The first-order valence-corrected chi connectivity index (χ1v) is 9.18. The molecule has 1 aromatic rings. The Labute approximate surface area is 140 Å². The van der Waals surface area contributed by atoms with Gasteiger partial charge in [0, 0.05) is 22.4 Å². The summed E-state index contributed by atoms with van der Waals surface area (Å²) in [6.45, 7) is 2.94. The molecule has 4 heteroatoms. The van der Waals surface area contributed by atoms with E-state index in [1.54, 1.807) is 0 Å². The Morgan fingerprint density at radius 2 is 1.95 bits per heavy atom. The van der Waals surface area contributed by atoms with Crippen molar-refractivity contribution in [2.45, 2.75) is 37.5 Å². The molecule has 118 valence electrons. The number of hydrogen-bond acceptors (Lipinski definition) is 2. The van der Waals surface area contributed by atoms with Gasteiger partial charge in [0.2, 0.25) is 5.91 Å². The van der Waals surface area contributed by atoms with Crippen molar-refractivity contribution in [1.82, 2.24) is 10.6 Å². The highest BCUT2D eigenvalue weighted by molar-refractivity contribution is 9.10. The zero-order valence-electron chi connectivity index (χ0n) is 12.8. The first kappa shape index (κ1) is 14.7. The molecule has 0 radical (unpaired) electrons. The maximum Gasteiger partial charge on any atom is 0.223 e. The normalized spacial score (nSPS) is 27.4. The van der Waals surface area contributed by atoms with Gasteiger partial charge in [-0.25, -0.2) is 0 Å². The van der Waals surface area contributed by atoms with Crippen molar-refractivity contribution < 1.29 is 4.79 Å². The van der Waals surface area contributed by atoms with Crippen LogP contribution in [0.2, 0.25) is 0 Å². The Hall–Kier alpha value is -0.870. The number of piperidine rings is 1. The summed E-state index contributed by atoms with van der Waals surface area (Å²) in [6, 6.07) is 8.43. The standard InChI is InChI=1S/C18H23BrN2O/c19-15-4-2-1-3-13(15)18(5-6-18)12-21-16(22)14-11-17(14)7-9-20-10-8-17/h1-4,14,20H,5-12H2,(H,21,22). The Morgan fingerprint density at radius 3 is 2.64 bits per heavy atom. The molecule has 1 atom stereocenters. The summed E-state index contributed by atoms with van der Waals surface area (Å²) in [5.74, 6) is 0.560. The lowest BCUT2D eigenvalue weighted by atomic mass is 9.91. The number of carbonyl (C=O) groups is 1. The quantitative estimate of drug-likeness (QED) is 0.864. The summed E-state index contributed by atoms with van der Waals surface area (Å²) in [6.07, 6.45) is 5.79. The number of halogens is 1. The fraction of sp³-hybridized carbons (Fsp3) is 0.611. The minimum absolute atomic E-state index is 0.173. The number of benzene rings is 1. The molecule has 1 heterocycles. The van der Waals surface area contributed by atoms with E-state index in [-0.39, 0.29) is 11.3 Å². The second-order valence-corrected chi connectivity index (χ2v) is 8.20. The van der Waals surface area contributed by atoms with Gasteiger partial charge in [-0.3, -0.25) is 4.79 Å². The number of nitrogens with one attached hydrogen (secondary N) is 2. The highest BCUT2D eigenvalue weighted by atomic mass is 79.9. The number of amides is 1. The fourth-order valence-electron chi connectivity index (χ4n) is 4.16. The molecule has 1 aliphatic heterocycles. The van der Waals surface area contributed by atoms with Gasteiger partial charge in [-0.1, -0.05) is 34.1 Å². The molecular formula is C18H23BrN2O. The molecule has 2 N–H and O–H groups in total. The van der Waals surface area contributed by atoms with Crippen molar-refractivity contribution >= 4 is 21.8 Å². The zero-order chi connectivity index (χ0) is 15.2. The Balaban J connectivity index is 1.37. The van der Waals surface area contributed by atoms with Crippen LogP contribution in [0.1, 0.15) is 37.7 Å². The van der Waals surface area contributed by atoms with Gasteiger partial charge < -0.3 is 10.6 Å². The second kappa shape index (κ2) is 5.34. The number of rotatable bonds is 4. The number of carbonyl (C=O) groups excluding carboxylic acids is 1. The highest BCUT2D eigenvalue weighted by Crippen LogP contribution is 2.58. The third-order valence-corrected chi connectivity index (χ3v) is 6.70. The second-order valence-electron chi connectivity index (χ2n) is 7.35. The van der Waals surface area contributed by atoms with Gasteiger partial charge in [-0.15, -0.1) is 0 Å². The highest BCUT2D eigenvalue weighted by Gasteiger charge is 2.58. The van der Waals surface area contributed by atoms with Crippen LogP contribution >= 0.6 is 15.9 Å². The largest absolute Gasteiger partial charge is 0.355 e. The molecule has 22 heavy (non-hydrogen) atoms. The Kier molecular flexibility index (Phi) is 3.57. The van der Waals surface area contributed by atoms with Crippen LogP contribution in [0, 0.1) is 11.3 Å². The summed E-state index contributed by atoms with van der Waals surface area (Å²) in [4.78, 5) is 12.5. The summed E-state index contributed by atoms with van der Waals surface area (Å²) >= 11 is 3.66. The van der Waals surface area contributed by atoms with Crippen LogP contribution in [0.3, 0.4) is 0 Å². The topological polar surface area (TPSA) is 41.1 Å². The lowest BCUT2D eigenvalue weighted by Gasteiger charge is -2.24. The molecule has 1 amide bonds. The van der Waals surface area contributed by atoms with Gasteiger partial charge in [0.15, 0.2) is 0 Å². The molecule has 2 saturated carbocycles. The van der Waals surface area contributed by atoms with Crippen LogP contribution in [-0.4, -0.2) is 25.5 Å². The van der Waals surface area contributed by atoms with E-state index in [0.29, 0.717) is 11.3 Å². The van der Waals surface area contributed by atoms with E-state index >= 15 is 0 Å². The van der Waals surface area contributed by atoms with Crippen molar-refractivity contribution in [2.24, 2.45) is 11.3 Å². The molecule has 1 saturated heterocycles. The maximum absolute atomic E-state index is 12.5. The van der Waals surface area contributed by atoms with Gasteiger partial charge in [-0.2, -0.15) is 0 Å². The van der Waals surface area contributed by atoms with Gasteiger partial charge in [0.25, 0.3) is 0 Å². The first-order valence-electron chi connectivity index (χ1n) is 8.39. The third-order valence-electron chi connectivity index (χ3n) is 6.01. The van der Waals surface area contributed by atoms with E-state index in [4.69, 9.17) is 0 Å². The number of hydrogen-bond donors (Lipinski definition) is 2. The summed E-state index contributed by atoms with van der Waals surface area (Å²) in [5.41, 5.74) is 1.85. The first-order chi connectivity index (χ1) is 10.7.